The van der Waals surface area contributed by atoms with E-state index in [-0.39, 0.29) is 0 Å². The van der Waals surface area contributed by atoms with Gasteiger partial charge >= 0.3 is 0 Å². The van der Waals surface area contributed by atoms with Gasteiger partial charge in [-0.25, -0.2) is 0 Å². The molecule has 1 aromatic carbocycles. The van der Waals surface area contributed by atoms with Crippen molar-refractivity contribution >= 4 is 52.7 Å². The Kier molecular flexibility index (Phi) is 11.0. The lowest BCUT2D eigenvalue weighted by Gasteiger charge is -2.05. The second-order valence-electron chi connectivity index (χ2n) is 4.76. The molecule has 0 aliphatic rings. The van der Waals surface area contributed by atoms with Crippen molar-refractivity contribution in [1.82, 2.24) is 21.5 Å². The summed E-state index contributed by atoms with van der Waals surface area (Å²) >= 11 is 10.2. The SMILES string of the molecule is C=CCNC(=S)N\N=C/C(/C=C/c1ccccc1)=N\NC(=S)NCC=C. The normalized spacial score (nSPS) is 11.2. The maximum Gasteiger partial charge on any atom is 0.187 e. The van der Waals surface area contributed by atoms with Gasteiger partial charge in [-0.2, -0.15) is 10.2 Å². The number of hydrazone groups is 2. The van der Waals surface area contributed by atoms with Gasteiger partial charge in [0.2, 0.25) is 0 Å². The van der Waals surface area contributed by atoms with E-state index < -0.39 is 0 Å². The van der Waals surface area contributed by atoms with Crippen LogP contribution in [-0.4, -0.2) is 35.2 Å². The monoisotopic (exact) mass is 386 g/mol. The lowest BCUT2D eigenvalue weighted by atomic mass is 10.2. The van der Waals surface area contributed by atoms with Crippen molar-refractivity contribution in [2.45, 2.75) is 0 Å². The highest BCUT2D eigenvalue weighted by Crippen LogP contribution is 2.00. The summed E-state index contributed by atoms with van der Waals surface area (Å²) in [5.74, 6) is 0. The van der Waals surface area contributed by atoms with Gasteiger partial charge in [0.15, 0.2) is 10.2 Å². The molecule has 0 aromatic heterocycles. The minimum Gasteiger partial charge on any atom is -0.358 e. The van der Waals surface area contributed by atoms with Crippen molar-refractivity contribution < 1.29 is 0 Å². The summed E-state index contributed by atoms with van der Waals surface area (Å²) in [6, 6.07) is 9.86. The lowest BCUT2D eigenvalue weighted by molar-refractivity contribution is 0.935. The average Bonchev–Trinajstić information content (AvgIpc) is 2.67. The zero-order chi connectivity index (χ0) is 19.0. The van der Waals surface area contributed by atoms with Crippen molar-refractivity contribution in [3.8, 4) is 0 Å². The minimum atomic E-state index is 0.389. The largest absolute Gasteiger partial charge is 0.358 e. The van der Waals surface area contributed by atoms with Crippen molar-refractivity contribution in [2.75, 3.05) is 13.1 Å². The lowest BCUT2D eigenvalue weighted by Crippen LogP contribution is -2.33. The second kappa shape index (κ2) is 13.5. The fourth-order valence-electron chi connectivity index (χ4n) is 1.54. The van der Waals surface area contributed by atoms with E-state index in [4.69, 9.17) is 24.4 Å². The quantitative estimate of drug-likeness (QED) is 0.226. The van der Waals surface area contributed by atoms with Gasteiger partial charge in [-0.1, -0.05) is 48.6 Å². The zero-order valence-electron chi connectivity index (χ0n) is 14.3. The van der Waals surface area contributed by atoms with Crippen molar-refractivity contribution in [2.24, 2.45) is 10.2 Å². The van der Waals surface area contributed by atoms with E-state index in [0.29, 0.717) is 29.0 Å². The summed E-state index contributed by atoms with van der Waals surface area (Å²) in [5.41, 5.74) is 7.05. The number of allylic oxidation sites excluding steroid dienone is 1. The third-order valence-electron chi connectivity index (χ3n) is 2.71. The molecule has 0 aliphatic heterocycles. The molecule has 0 bridgehead atoms. The first-order valence-electron chi connectivity index (χ1n) is 7.79. The Hall–Kier alpha value is -2.84. The zero-order valence-corrected chi connectivity index (χ0v) is 15.9. The van der Waals surface area contributed by atoms with Crippen LogP contribution in [-0.2, 0) is 0 Å². The molecule has 8 heteroatoms. The number of benzene rings is 1. The van der Waals surface area contributed by atoms with E-state index in [9.17, 15) is 0 Å². The highest BCUT2D eigenvalue weighted by Gasteiger charge is 1.95. The van der Waals surface area contributed by atoms with Crippen LogP contribution in [0.3, 0.4) is 0 Å². The molecule has 26 heavy (non-hydrogen) atoms. The molecule has 0 saturated heterocycles. The van der Waals surface area contributed by atoms with E-state index in [1.807, 2.05) is 42.5 Å². The molecule has 0 heterocycles. The van der Waals surface area contributed by atoms with Gasteiger partial charge in [-0.05, 0) is 36.1 Å². The molecule has 0 fully saturated rings. The van der Waals surface area contributed by atoms with Crippen LogP contribution >= 0.6 is 24.4 Å². The molecule has 0 aliphatic carbocycles. The van der Waals surface area contributed by atoms with Gasteiger partial charge in [0.25, 0.3) is 0 Å². The first kappa shape index (κ1) is 21.2. The Morgan fingerprint density at radius 2 is 1.58 bits per heavy atom. The Balaban J connectivity index is 2.75. The number of nitrogens with one attached hydrogen (secondary N) is 4. The van der Waals surface area contributed by atoms with Crippen LogP contribution in [0.4, 0.5) is 0 Å². The van der Waals surface area contributed by atoms with E-state index in [2.05, 4.69) is 44.8 Å². The van der Waals surface area contributed by atoms with Crippen LogP contribution in [0.15, 0.2) is 71.9 Å². The number of rotatable bonds is 9. The molecule has 136 valence electrons. The highest BCUT2D eigenvalue weighted by atomic mass is 32.1. The summed E-state index contributed by atoms with van der Waals surface area (Å²) in [4.78, 5) is 0. The first-order chi connectivity index (χ1) is 12.7. The second-order valence-corrected chi connectivity index (χ2v) is 5.58. The standard InChI is InChI=1S/C18H22N6S2/c1-3-12-19-17(25)23-21-14-16(22-24-18(26)20-13-4-2)11-10-15-8-6-5-7-9-15/h3-11,14H,1-2,12-13H2,(H2,19,23,25)(H2,20,24,26)/b11-10+,21-14-,22-16-. The number of thiocarbonyl (C=S) groups is 2. The van der Waals surface area contributed by atoms with Gasteiger partial charge in [-0.15, -0.1) is 13.2 Å². The molecule has 1 rings (SSSR count). The van der Waals surface area contributed by atoms with Gasteiger partial charge in [-0.3, -0.25) is 10.9 Å². The molecule has 0 amide bonds. The van der Waals surface area contributed by atoms with Crippen LogP contribution in [0.2, 0.25) is 0 Å². The topological polar surface area (TPSA) is 72.8 Å². The molecule has 0 unspecified atom stereocenters. The van der Waals surface area contributed by atoms with Gasteiger partial charge < -0.3 is 10.6 Å². The van der Waals surface area contributed by atoms with Crippen LogP contribution in [0.5, 0.6) is 0 Å². The van der Waals surface area contributed by atoms with Gasteiger partial charge in [0.1, 0.15) is 5.71 Å². The Morgan fingerprint density at radius 1 is 0.962 bits per heavy atom. The summed E-state index contributed by atoms with van der Waals surface area (Å²) in [6.45, 7) is 8.33. The van der Waals surface area contributed by atoms with Gasteiger partial charge in [0, 0.05) is 13.1 Å². The smallest absolute Gasteiger partial charge is 0.187 e. The predicted octanol–water partition coefficient (Wildman–Crippen LogP) is 2.34. The number of nitrogens with zero attached hydrogens (tertiary/aromatic N) is 2. The maximum absolute atomic E-state index is 5.12. The number of hydrogen-bond acceptors (Lipinski definition) is 4. The highest BCUT2D eigenvalue weighted by molar-refractivity contribution is 7.80. The fraction of sp³-hybridized carbons (Fsp3) is 0.111. The summed E-state index contributed by atoms with van der Waals surface area (Å²) in [5, 5.41) is 14.9. The summed E-state index contributed by atoms with van der Waals surface area (Å²) < 4.78 is 0. The Labute approximate surface area is 164 Å². The molecule has 0 spiro atoms. The predicted molar refractivity (Wildman–Crippen MR) is 119 cm³/mol. The fourth-order valence-corrected chi connectivity index (χ4v) is 1.80. The van der Waals surface area contributed by atoms with E-state index >= 15 is 0 Å². The first-order valence-corrected chi connectivity index (χ1v) is 8.60. The number of hydrogen-bond donors (Lipinski definition) is 4. The molecule has 0 saturated carbocycles. The third kappa shape index (κ3) is 10.1. The van der Waals surface area contributed by atoms with Crippen molar-refractivity contribution in [3.05, 3.63) is 67.3 Å². The maximum atomic E-state index is 5.12. The molecule has 1 aromatic rings. The van der Waals surface area contributed by atoms with Crippen molar-refractivity contribution in [1.29, 1.82) is 0 Å². The van der Waals surface area contributed by atoms with Gasteiger partial charge in [0.05, 0.1) is 6.21 Å². The van der Waals surface area contributed by atoms with E-state index in [1.165, 1.54) is 6.21 Å². The van der Waals surface area contributed by atoms with Crippen LogP contribution in [0, 0.1) is 0 Å². The molecule has 0 radical (unpaired) electrons. The van der Waals surface area contributed by atoms with E-state index in [0.717, 1.165) is 5.56 Å². The molecule has 6 nitrogen and oxygen atoms in total. The Morgan fingerprint density at radius 3 is 2.19 bits per heavy atom. The Bertz CT molecular complexity index is 695. The average molecular weight is 387 g/mol. The molecule has 0 atom stereocenters. The van der Waals surface area contributed by atoms with Crippen LogP contribution < -0.4 is 21.5 Å². The van der Waals surface area contributed by atoms with E-state index in [1.54, 1.807) is 12.2 Å². The summed E-state index contributed by atoms with van der Waals surface area (Å²) in [7, 11) is 0. The molecular formula is C18H22N6S2. The molecule has 4 N–H and O–H groups in total. The van der Waals surface area contributed by atoms with Crippen LogP contribution in [0.25, 0.3) is 6.08 Å². The third-order valence-corrected chi connectivity index (χ3v) is 3.18. The van der Waals surface area contributed by atoms with Crippen molar-refractivity contribution in [3.63, 3.8) is 0 Å². The minimum absolute atomic E-state index is 0.389. The molecular weight excluding hydrogens is 364 g/mol. The summed E-state index contributed by atoms with van der Waals surface area (Å²) in [6.07, 6.45) is 8.67. The van der Waals surface area contributed by atoms with Crippen LogP contribution in [0.1, 0.15) is 5.56 Å².